The summed E-state index contributed by atoms with van der Waals surface area (Å²) >= 11 is 3.37. The zero-order valence-electron chi connectivity index (χ0n) is 9.44. The van der Waals surface area contributed by atoms with Gasteiger partial charge in [0.05, 0.1) is 11.7 Å². The number of pyridine rings is 1. The molecule has 2 rings (SSSR count). The molecule has 0 radical (unpaired) electrons. The molecule has 1 aliphatic carbocycles. The van der Waals surface area contributed by atoms with E-state index in [-0.39, 0.29) is 17.9 Å². The number of halogens is 2. The van der Waals surface area contributed by atoms with Crippen molar-refractivity contribution in [3.8, 4) is 5.75 Å². The highest BCUT2D eigenvalue weighted by Crippen LogP contribution is 2.40. The first-order valence-corrected chi connectivity index (χ1v) is 5.82. The van der Waals surface area contributed by atoms with Gasteiger partial charge in [0.15, 0.2) is 0 Å². The number of ether oxygens (including phenoxy) is 1. The fourth-order valence-electron chi connectivity index (χ4n) is 1.55. The summed E-state index contributed by atoms with van der Waals surface area (Å²) in [7, 11) is 4.21. The molecule has 3 nitrogen and oxygen atoms in total. The molecule has 16 heavy (non-hydrogen) atoms. The molecule has 0 spiro atoms. The lowest BCUT2D eigenvalue weighted by Crippen LogP contribution is -2.35. The molecule has 0 saturated heterocycles. The van der Waals surface area contributed by atoms with Crippen molar-refractivity contribution in [2.45, 2.75) is 18.4 Å². The van der Waals surface area contributed by atoms with Gasteiger partial charge in [0.1, 0.15) is 12.4 Å². The van der Waals surface area contributed by atoms with Gasteiger partial charge in [0, 0.05) is 10.7 Å². The average molecular weight is 308 g/mol. The van der Waals surface area contributed by atoms with Crippen molar-refractivity contribution in [3.63, 3.8) is 0 Å². The van der Waals surface area contributed by atoms with Crippen LogP contribution < -0.4 is 4.74 Å². The summed E-state index contributed by atoms with van der Waals surface area (Å²) in [5, 5.41) is 0. The van der Waals surface area contributed by atoms with Crippen LogP contribution in [0.5, 0.6) is 5.75 Å². The van der Waals surface area contributed by atoms with E-state index in [2.05, 4.69) is 39.9 Å². The molecule has 0 aliphatic heterocycles. The number of nitrogens with zero attached hydrogens (tertiary/aromatic N) is 2. The van der Waals surface area contributed by atoms with Crippen molar-refractivity contribution in [1.29, 1.82) is 0 Å². The van der Waals surface area contributed by atoms with E-state index in [0.717, 1.165) is 16.8 Å². The van der Waals surface area contributed by atoms with Crippen molar-refractivity contribution < 1.29 is 4.74 Å². The fourth-order valence-corrected chi connectivity index (χ4v) is 1.90. The quantitative estimate of drug-likeness (QED) is 0.855. The fraction of sp³-hybridized carbons (Fsp3) is 0.545. The summed E-state index contributed by atoms with van der Waals surface area (Å²) in [4.78, 5) is 6.31. The number of rotatable bonds is 4. The van der Waals surface area contributed by atoms with Crippen molar-refractivity contribution in [2.75, 3.05) is 20.7 Å². The lowest BCUT2D eigenvalue weighted by atomic mass is 10.3. The van der Waals surface area contributed by atoms with Gasteiger partial charge in [0.2, 0.25) is 0 Å². The summed E-state index contributed by atoms with van der Waals surface area (Å²) in [6.07, 6.45) is 5.95. The van der Waals surface area contributed by atoms with Gasteiger partial charge in [-0.2, -0.15) is 0 Å². The molecule has 1 fully saturated rings. The molecular weight excluding hydrogens is 291 g/mol. The van der Waals surface area contributed by atoms with E-state index >= 15 is 0 Å². The maximum Gasteiger partial charge on any atom is 0.138 e. The van der Waals surface area contributed by atoms with Crippen molar-refractivity contribution in [3.05, 3.63) is 22.9 Å². The molecule has 1 saturated carbocycles. The topological polar surface area (TPSA) is 25.4 Å². The van der Waals surface area contributed by atoms with Crippen LogP contribution in [0.3, 0.4) is 0 Å². The minimum Gasteiger partial charge on any atom is -0.490 e. The molecule has 0 N–H and O–H groups in total. The van der Waals surface area contributed by atoms with Gasteiger partial charge in [-0.3, -0.25) is 4.98 Å². The van der Waals surface area contributed by atoms with Crippen LogP contribution in [0.15, 0.2) is 22.9 Å². The largest absolute Gasteiger partial charge is 0.490 e. The van der Waals surface area contributed by atoms with Crippen LogP contribution in [0.25, 0.3) is 0 Å². The van der Waals surface area contributed by atoms with Crippen LogP contribution in [0.2, 0.25) is 0 Å². The Hall–Kier alpha value is -0.320. The summed E-state index contributed by atoms with van der Waals surface area (Å²) in [5.74, 6) is 0.831. The zero-order valence-corrected chi connectivity index (χ0v) is 11.8. The summed E-state index contributed by atoms with van der Waals surface area (Å²) in [6.45, 7) is 0.748. The predicted octanol–water partition coefficient (Wildman–Crippen LogP) is 2.74. The van der Waals surface area contributed by atoms with E-state index < -0.39 is 0 Å². The van der Waals surface area contributed by atoms with E-state index in [4.69, 9.17) is 4.74 Å². The number of likely N-dealkylation sites (N-methyl/N-ethyl adjacent to an activating group) is 1. The van der Waals surface area contributed by atoms with E-state index in [1.54, 1.807) is 12.4 Å². The van der Waals surface area contributed by atoms with Crippen LogP contribution in [-0.2, 0) is 0 Å². The smallest absolute Gasteiger partial charge is 0.138 e. The third kappa shape index (κ3) is 3.09. The van der Waals surface area contributed by atoms with E-state index in [1.165, 1.54) is 12.8 Å². The first kappa shape index (κ1) is 13.7. The van der Waals surface area contributed by atoms with Crippen molar-refractivity contribution in [1.82, 2.24) is 9.88 Å². The second kappa shape index (κ2) is 5.34. The van der Waals surface area contributed by atoms with Gasteiger partial charge in [-0.05, 0) is 48.9 Å². The molecule has 0 amide bonds. The molecule has 5 heteroatoms. The third-order valence-corrected chi connectivity index (χ3v) is 3.40. The Morgan fingerprint density at radius 3 is 2.62 bits per heavy atom. The SMILES string of the molecule is CN(C)C1(COc2cncc(Br)c2)CC1.Cl. The molecule has 1 aromatic heterocycles. The Morgan fingerprint density at radius 2 is 2.12 bits per heavy atom. The van der Waals surface area contributed by atoms with Crippen molar-refractivity contribution in [2.24, 2.45) is 0 Å². The highest BCUT2D eigenvalue weighted by atomic mass is 79.9. The van der Waals surface area contributed by atoms with Crippen molar-refractivity contribution >= 4 is 28.3 Å². The monoisotopic (exact) mass is 306 g/mol. The second-order valence-electron chi connectivity index (χ2n) is 4.25. The van der Waals surface area contributed by atoms with Gasteiger partial charge >= 0.3 is 0 Å². The Morgan fingerprint density at radius 1 is 1.44 bits per heavy atom. The molecule has 0 bridgehead atoms. The van der Waals surface area contributed by atoms with Gasteiger partial charge in [0.25, 0.3) is 0 Å². The maximum absolute atomic E-state index is 5.74. The maximum atomic E-state index is 5.74. The van der Waals surface area contributed by atoms with Crippen LogP contribution in [0.4, 0.5) is 0 Å². The van der Waals surface area contributed by atoms with Gasteiger partial charge in [-0.1, -0.05) is 0 Å². The Bertz CT molecular complexity index is 356. The molecule has 0 atom stereocenters. The zero-order chi connectivity index (χ0) is 10.9. The molecule has 90 valence electrons. The normalized spacial score (nSPS) is 16.8. The Labute approximate surface area is 111 Å². The van der Waals surface area contributed by atoms with Crippen LogP contribution in [0, 0.1) is 0 Å². The van der Waals surface area contributed by atoms with Gasteiger partial charge < -0.3 is 9.64 Å². The van der Waals surface area contributed by atoms with E-state index in [1.807, 2.05) is 6.07 Å². The summed E-state index contributed by atoms with van der Waals surface area (Å²) in [5.41, 5.74) is 0.266. The number of hydrogen-bond donors (Lipinski definition) is 0. The van der Waals surface area contributed by atoms with E-state index in [9.17, 15) is 0 Å². The average Bonchev–Trinajstić information content (AvgIpc) is 2.96. The Kier molecular flexibility index (Phi) is 4.59. The minimum atomic E-state index is 0. The highest BCUT2D eigenvalue weighted by molar-refractivity contribution is 9.10. The highest BCUT2D eigenvalue weighted by Gasteiger charge is 2.45. The molecule has 1 heterocycles. The lowest BCUT2D eigenvalue weighted by Gasteiger charge is -2.23. The molecular formula is C11H16BrClN2O. The molecule has 0 unspecified atom stereocenters. The predicted molar refractivity (Wildman–Crippen MR) is 70.3 cm³/mol. The first-order valence-electron chi connectivity index (χ1n) is 5.03. The molecule has 1 aromatic rings. The van der Waals surface area contributed by atoms with E-state index in [0.29, 0.717) is 0 Å². The Balaban J connectivity index is 0.00000128. The lowest BCUT2D eigenvalue weighted by molar-refractivity contribution is 0.167. The van der Waals surface area contributed by atoms with Gasteiger partial charge in [-0.25, -0.2) is 0 Å². The molecule has 0 aromatic carbocycles. The molecule has 1 aliphatic rings. The standard InChI is InChI=1S/C11H15BrN2O.ClH/c1-14(2)11(3-4-11)8-15-10-5-9(12)6-13-7-10;/h5-7H,3-4,8H2,1-2H3;1H. The summed E-state index contributed by atoms with van der Waals surface area (Å²) < 4.78 is 6.69. The first-order chi connectivity index (χ1) is 7.12. The number of aromatic nitrogens is 1. The van der Waals surface area contributed by atoms with Crippen LogP contribution in [0.1, 0.15) is 12.8 Å². The van der Waals surface area contributed by atoms with Gasteiger partial charge in [-0.15, -0.1) is 12.4 Å². The third-order valence-electron chi connectivity index (χ3n) is 2.96. The second-order valence-corrected chi connectivity index (χ2v) is 5.16. The van der Waals surface area contributed by atoms with Crippen LogP contribution >= 0.6 is 28.3 Å². The summed E-state index contributed by atoms with van der Waals surface area (Å²) in [6, 6.07) is 1.94. The number of hydrogen-bond acceptors (Lipinski definition) is 3. The van der Waals surface area contributed by atoms with Crippen LogP contribution in [-0.4, -0.2) is 36.1 Å². The minimum absolute atomic E-state index is 0.